The molecule has 0 aliphatic carbocycles. The maximum Gasteiger partial charge on any atom is 0.245 e. The summed E-state index contributed by atoms with van der Waals surface area (Å²) in [6.45, 7) is 3.26. The zero-order valence-corrected chi connectivity index (χ0v) is 53.0. The summed E-state index contributed by atoms with van der Waals surface area (Å²) in [6.07, 6.45) is 1.18. The number of aliphatic hydroxyl groups excluding tert-OH is 2. The summed E-state index contributed by atoms with van der Waals surface area (Å²) in [4.78, 5) is 143. The van der Waals surface area contributed by atoms with Crippen LogP contribution in [0.5, 0.6) is 5.75 Å². The standard InChI is InChI=1S/C61H91N15O13S2/c1-34(77)50(52(66)80)75-60(88)49(33-91)74-61(89)51(35(2)78)76-55(83)44(20-10-13-27-64)69-58(86)47(30-38-31-67-42-18-7-6-16-40(38)42)72-57(85)46(28-36-14-4-3-5-15-36)71-59(87)48(32-90)73-54(82)43(19-9-12-26-63)68-56(84)45(29-37-21-23-39(79)24-22-37)70-53(81)41(65)17-8-11-25-62/h3-7,14-16,18,21-24,31,34-35,41,43-51,67,77-79,90-91H,8-13,17,19-20,25-30,32-33,62-65H2,1-2H3,(H2,66,80)(H,68,84)(H,69,86)(H,70,81)(H,71,87)(H,72,85)(H,73,82)(H,74,89)(H,75,88)(H,76,83)/t34-,35-,41-,43-,44+,45-,46+,47-,48+,49+,50+,51+/m1/s1. The van der Waals surface area contributed by atoms with E-state index in [0.717, 1.165) is 0 Å². The molecule has 3 aromatic carbocycles. The summed E-state index contributed by atoms with van der Waals surface area (Å²) in [5.74, 6) is -9.55. The van der Waals surface area contributed by atoms with Crippen molar-refractivity contribution >= 4 is 95.2 Å². The molecule has 500 valence electrons. The van der Waals surface area contributed by atoms with Gasteiger partial charge in [0.2, 0.25) is 59.1 Å². The molecule has 0 saturated carbocycles. The molecule has 0 unspecified atom stereocenters. The highest BCUT2D eigenvalue weighted by molar-refractivity contribution is 7.80. The van der Waals surface area contributed by atoms with Crippen LogP contribution in [0.4, 0.5) is 0 Å². The van der Waals surface area contributed by atoms with Gasteiger partial charge in [0.05, 0.1) is 18.2 Å². The number of nitrogens with one attached hydrogen (secondary N) is 10. The van der Waals surface area contributed by atoms with Crippen molar-refractivity contribution in [2.24, 2.45) is 28.7 Å². The van der Waals surface area contributed by atoms with Crippen LogP contribution in [0.3, 0.4) is 0 Å². The molecule has 0 bridgehead atoms. The quantitative estimate of drug-likeness (QED) is 0.0156. The first-order valence-corrected chi connectivity index (χ1v) is 31.5. The number of carbonyl (C=O) groups excluding carboxylic acids is 10. The molecule has 28 nitrogen and oxygen atoms in total. The maximum atomic E-state index is 14.9. The van der Waals surface area contributed by atoms with Crippen LogP contribution in [0, 0.1) is 0 Å². The van der Waals surface area contributed by atoms with E-state index in [4.69, 9.17) is 28.7 Å². The minimum atomic E-state index is -1.74. The number of nitrogens with two attached hydrogens (primary N) is 5. The van der Waals surface area contributed by atoms with Crippen LogP contribution in [0.2, 0.25) is 0 Å². The van der Waals surface area contributed by atoms with Crippen molar-refractivity contribution in [2.45, 2.75) is 164 Å². The highest BCUT2D eigenvalue weighted by atomic mass is 32.1. The number of benzene rings is 3. The number of phenols is 1. The molecule has 0 aliphatic rings. The largest absolute Gasteiger partial charge is 0.508 e. The fourth-order valence-corrected chi connectivity index (χ4v) is 10.2. The lowest BCUT2D eigenvalue weighted by Gasteiger charge is -2.29. The minimum absolute atomic E-state index is 0.0271. The Bertz CT molecular complexity index is 3020. The number of carbonyl (C=O) groups is 10. The van der Waals surface area contributed by atoms with Gasteiger partial charge in [-0.1, -0.05) is 67.1 Å². The van der Waals surface area contributed by atoms with E-state index in [1.54, 1.807) is 72.9 Å². The third-order valence-electron chi connectivity index (χ3n) is 14.9. The monoisotopic (exact) mass is 1310 g/mol. The molecule has 0 radical (unpaired) electrons. The van der Waals surface area contributed by atoms with Crippen molar-refractivity contribution < 1.29 is 63.3 Å². The van der Waals surface area contributed by atoms with Crippen molar-refractivity contribution in [3.63, 3.8) is 0 Å². The van der Waals surface area contributed by atoms with E-state index in [2.05, 4.69) is 78.1 Å². The molecule has 91 heavy (non-hydrogen) atoms. The Morgan fingerprint density at radius 1 is 0.451 bits per heavy atom. The van der Waals surface area contributed by atoms with Crippen LogP contribution in [-0.4, -0.2) is 183 Å². The number of aromatic nitrogens is 1. The molecular weight excluding hydrogens is 1210 g/mol. The van der Waals surface area contributed by atoms with Crippen LogP contribution in [0.1, 0.15) is 88.3 Å². The predicted molar refractivity (Wildman–Crippen MR) is 348 cm³/mol. The Morgan fingerprint density at radius 3 is 1.33 bits per heavy atom. The number of hydrogen-bond acceptors (Lipinski definition) is 19. The SMILES string of the molecule is C[C@@H](O)[C@H](NC(=O)[C@H](CS)NC(=O)[C@@H](NC(=O)[C@H](CCCCN)NC(=O)[C@@H](Cc1c[nH]c2ccccc12)NC(=O)[C@H](Cc1ccccc1)NC(=O)[C@H](CS)NC(=O)[C@@H](CCCCN)NC(=O)[C@@H](Cc1ccc(O)cc1)NC(=O)[C@H](N)CCCCN)[C@@H](C)O)C(N)=O. The zero-order chi connectivity index (χ0) is 67.2. The van der Waals surface area contributed by atoms with Crippen LogP contribution in [-0.2, 0) is 67.2 Å². The van der Waals surface area contributed by atoms with Gasteiger partial charge >= 0.3 is 0 Å². The molecule has 1 heterocycles. The molecule has 12 atom stereocenters. The van der Waals surface area contributed by atoms with Gasteiger partial charge in [0, 0.05) is 47.9 Å². The van der Waals surface area contributed by atoms with Crippen molar-refractivity contribution in [1.82, 2.24) is 52.8 Å². The second-order valence-corrected chi connectivity index (χ2v) is 23.0. The second kappa shape index (κ2) is 39.4. The average Bonchev–Trinajstić information content (AvgIpc) is 1.86. The number of phenolic OH excluding ortho intramolecular Hbond substituents is 1. The lowest BCUT2D eigenvalue weighted by Crippen LogP contribution is -2.62. The molecule has 30 heteroatoms. The van der Waals surface area contributed by atoms with Gasteiger partial charge in [-0.15, -0.1) is 0 Å². The number of H-pyrrole nitrogens is 1. The summed E-state index contributed by atoms with van der Waals surface area (Å²) in [7, 11) is 0. The number of para-hydroxylation sites is 1. The third kappa shape index (κ3) is 25.1. The molecule has 4 rings (SSSR count). The summed E-state index contributed by atoms with van der Waals surface area (Å²) >= 11 is 8.54. The Kier molecular flexibility index (Phi) is 32.8. The smallest absolute Gasteiger partial charge is 0.245 e. The molecule has 10 amide bonds. The number of rotatable bonds is 41. The fourth-order valence-electron chi connectivity index (χ4n) is 9.66. The fraction of sp³-hybridized carbons (Fsp3) is 0.508. The highest BCUT2D eigenvalue weighted by Gasteiger charge is 2.37. The van der Waals surface area contributed by atoms with Crippen molar-refractivity contribution in [3.8, 4) is 5.75 Å². The lowest BCUT2D eigenvalue weighted by atomic mass is 10.0. The normalized spacial score (nSPS) is 15.2. The van der Waals surface area contributed by atoms with Gasteiger partial charge in [-0.25, -0.2) is 0 Å². The number of aliphatic hydroxyl groups is 2. The minimum Gasteiger partial charge on any atom is -0.508 e. The van der Waals surface area contributed by atoms with E-state index in [1.807, 2.05) is 0 Å². The number of amides is 10. The second-order valence-electron chi connectivity index (χ2n) is 22.2. The van der Waals surface area contributed by atoms with Gasteiger partial charge in [0.15, 0.2) is 0 Å². The van der Waals surface area contributed by atoms with Crippen LogP contribution in [0.25, 0.3) is 10.9 Å². The Hall–Kier alpha value is -7.84. The van der Waals surface area contributed by atoms with Crippen molar-refractivity contribution in [3.05, 3.63) is 102 Å². The number of hydrogen-bond donors (Lipinski definition) is 20. The first kappa shape index (κ1) is 75.6. The third-order valence-corrected chi connectivity index (χ3v) is 15.6. The first-order chi connectivity index (χ1) is 43.4. The topological polar surface area (TPSA) is 486 Å². The number of aromatic hydroxyl groups is 1. The van der Waals surface area contributed by atoms with Gasteiger partial charge in [0.1, 0.15) is 60.1 Å². The summed E-state index contributed by atoms with van der Waals surface area (Å²) in [5, 5.41) is 54.8. The van der Waals surface area contributed by atoms with E-state index in [1.165, 1.54) is 26.0 Å². The van der Waals surface area contributed by atoms with Crippen molar-refractivity contribution in [2.75, 3.05) is 31.1 Å². The van der Waals surface area contributed by atoms with E-state index >= 15 is 0 Å². The van der Waals surface area contributed by atoms with Gasteiger partial charge in [0.25, 0.3) is 0 Å². The predicted octanol–water partition coefficient (Wildman–Crippen LogP) is -2.91. The molecule has 1 aromatic heterocycles. The summed E-state index contributed by atoms with van der Waals surface area (Å²) in [5.41, 5.74) is 31.2. The van der Waals surface area contributed by atoms with E-state index < -0.39 is 132 Å². The molecule has 4 aromatic rings. The van der Waals surface area contributed by atoms with Gasteiger partial charge in [-0.05, 0) is 120 Å². The maximum absolute atomic E-state index is 14.9. The number of aromatic amines is 1. The molecule has 0 fully saturated rings. The summed E-state index contributed by atoms with van der Waals surface area (Å²) < 4.78 is 0. The van der Waals surface area contributed by atoms with E-state index in [0.29, 0.717) is 72.7 Å². The van der Waals surface area contributed by atoms with Gasteiger partial charge < -0.3 is 96.8 Å². The Balaban J connectivity index is 1.65. The average molecular weight is 1310 g/mol. The van der Waals surface area contributed by atoms with Crippen molar-refractivity contribution in [1.29, 1.82) is 0 Å². The van der Waals surface area contributed by atoms with Gasteiger partial charge in [-0.2, -0.15) is 25.3 Å². The number of primary amides is 1. The highest BCUT2D eigenvalue weighted by Crippen LogP contribution is 2.20. The zero-order valence-electron chi connectivity index (χ0n) is 51.2. The van der Waals surface area contributed by atoms with Crippen LogP contribution in [0.15, 0.2) is 85.1 Å². The van der Waals surface area contributed by atoms with E-state index in [-0.39, 0.29) is 68.9 Å². The first-order valence-electron chi connectivity index (χ1n) is 30.3. The Morgan fingerprint density at radius 2 is 0.835 bits per heavy atom. The number of fused-ring (bicyclic) bond motifs is 1. The summed E-state index contributed by atoms with van der Waals surface area (Å²) in [6, 6.07) is 7.64. The van der Waals surface area contributed by atoms with Crippen LogP contribution >= 0.6 is 25.3 Å². The van der Waals surface area contributed by atoms with E-state index in [9.17, 15) is 63.3 Å². The van der Waals surface area contributed by atoms with Gasteiger partial charge in [-0.3, -0.25) is 47.9 Å². The Labute approximate surface area is 539 Å². The molecule has 0 saturated heterocycles. The molecule has 0 aliphatic heterocycles. The molecular formula is C61H91N15O13S2. The van der Waals surface area contributed by atoms with Crippen LogP contribution < -0.4 is 76.5 Å². The lowest BCUT2D eigenvalue weighted by molar-refractivity contribution is -0.137. The molecule has 23 N–H and O–H groups in total. The molecule has 0 spiro atoms. The number of unbranched alkanes of at least 4 members (excludes halogenated alkanes) is 3. The number of thiol groups is 2.